The zero-order valence-corrected chi connectivity index (χ0v) is 9.29. The molecule has 4 nitrogen and oxygen atoms in total. The number of nitrogens with zero attached hydrogens (tertiary/aromatic N) is 2. The highest BCUT2D eigenvalue weighted by molar-refractivity contribution is 9.10. The molecule has 0 saturated heterocycles. The zero-order chi connectivity index (χ0) is 10.8. The average molecular weight is 267 g/mol. The Morgan fingerprint density at radius 2 is 2.13 bits per heavy atom. The minimum atomic E-state index is -1.51. The van der Waals surface area contributed by atoms with E-state index in [0.717, 1.165) is 4.47 Å². The van der Waals surface area contributed by atoms with Crippen LogP contribution in [0.3, 0.4) is 0 Å². The summed E-state index contributed by atoms with van der Waals surface area (Å²) in [6.45, 7) is 0. The van der Waals surface area contributed by atoms with Crippen LogP contribution in [-0.4, -0.2) is 26.9 Å². The molecule has 0 aliphatic heterocycles. The number of halogens is 1. The molecule has 0 unspecified atom stereocenters. The molecular formula is C9H8BBrN2O2. The van der Waals surface area contributed by atoms with E-state index < -0.39 is 7.12 Å². The predicted octanol–water partition coefficient (Wildman–Crippen LogP) is 0.315. The first-order valence-electron chi connectivity index (χ1n) is 4.34. The number of rotatable bonds is 2. The van der Waals surface area contributed by atoms with E-state index in [1.54, 1.807) is 35.3 Å². The van der Waals surface area contributed by atoms with Gasteiger partial charge in [-0.3, -0.25) is 0 Å². The Balaban J connectivity index is 2.56. The van der Waals surface area contributed by atoms with Crippen molar-refractivity contribution >= 4 is 28.5 Å². The SMILES string of the molecule is OB(O)c1cc(Br)ccc1-n1cccn1. The van der Waals surface area contributed by atoms with Gasteiger partial charge in [-0.15, -0.1) is 0 Å². The summed E-state index contributed by atoms with van der Waals surface area (Å²) in [6.07, 6.45) is 3.38. The van der Waals surface area contributed by atoms with Crippen LogP contribution >= 0.6 is 15.9 Å². The fourth-order valence-corrected chi connectivity index (χ4v) is 1.73. The molecule has 6 heteroatoms. The summed E-state index contributed by atoms with van der Waals surface area (Å²) in [7, 11) is -1.51. The Bertz CT molecular complexity index is 459. The fourth-order valence-electron chi connectivity index (χ4n) is 1.35. The highest BCUT2D eigenvalue weighted by atomic mass is 79.9. The van der Waals surface area contributed by atoms with Crippen LogP contribution < -0.4 is 5.46 Å². The fraction of sp³-hybridized carbons (Fsp3) is 0. The lowest BCUT2D eigenvalue weighted by Gasteiger charge is -2.09. The van der Waals surface area contributed by atoms with Gasteiger partial charge in [-0.1, -0.05) is 15.9 Å². The number of benzene rings is 1. The van der Waals surface area contributed by atoms with Gasteiger partial charge in [0.1, 0.15) is 0 Å². The molecule has 0 spiro atoms. The molecular weight excluding hydrogens is 259 g/mol. The monoisotopic (exact) mass is 266 g/mol. The molecule has 0 aliphatic carbocycles. The van der Waals surface area contributed by atoms with E-state index in [1.807, 2.05) is 6.07 Å². The van der Waals surface area contributed by atoms with Crippen molar-refractivity contribution in [2.75, 3.05) is 0 Å². The summed E-state index contributed by atoms with van der Waals surface area (Å²) in [6, 6.07) is 7.02. The average Bonchev–Trinajstić information content (AvgIpc) is 2.70. The van der Waals surface area contributed by atoms with E-state index in [-0.39, 0.29) is 0 Å². The second-order valence-electron chi connectivity index (χ2n) is 3.03. The molecule has 0 bridgehead atoms. The lowest BCUT2D eigenvalue weighted by Crippen LogP contribution is -2.33. The number of hydrogen-bond donors (Lipinski definition) is 2. The Morgan fingerprint density at radius 3 is 2.73 bits per heavy atom. The number of hydrogen-bond acceptors (Lipinski definition) is 3. The van der Waals surface area contributed by atoms with E-state index in [9.17, 15) is 10.0 Å². The standard InChI is InChI=1S/C9H8BBrN2O2/c11-7-2-3-9(8(6-7)10(14)15)13-5-1-4-12-13/h1-6,14-15H. The molecule has 2 rings (SSSR count). The second kappa shape index (κ2) is 4.18. The molecule has 0 atom stereocenters. The van der Waals surface area contributed by atoms with Crippen molar-refractivity contribution in [2.45, 2.75) is 0 Å². The third kappa shape index (κ3) is 2.12. The Labute approximate surface area is 95.4 Å². The molecule has 0 saturated carbocycles. The van der Waals surface area contributed by atoms with Crippen LogP contribution in [0, 0.1) is 0 Å². The van der Waals surface area contributed by atoms with Crippen LogP contribution in [0.15, 0.2) is 41.1 Å². The normalized spacial score (nSPS) is 10.3. The Hall–Kier alpha value is -1.11. The van der Waals surface area contributed by atoms with E-state index in [1.165, 1.54) is 0 Å². The second-order valence-corrected chi connectivity index (χ2v) is 3.94. The quantitative estimate of drug-likeness (QED) is 0.770. The molecule has 0 amide bonds. The minimum absolute atomic E-state index is 0.410. The lowest BCUT2D eigenvalue weighted by molar-refractivity contribution is 0.425. The van der Waals surface area contributed by atoms with Crippen molar-refractivity contribution in [3.05, 3.63) is 41.1 Å². The van der Waals surface area contributed by atoms with Gasteiger partial charge in [0.15, 0.2) is 0 Å². The summed E-state index contributed by atoms with van der Waals surface area (Å²) in [5.41, 5.74) is 1.06. The third-order valence-electron chi connectivity index (χ3n) is 2.02. The van der Waals surface area contributed by atoms with Crippen LogP contribution in [0.25, 0.3) is 5.69 Å². The van der Waals surface area contributed by atoms with Gasteiger partial charge in [-0.25, -0.2) is 4.68 Å². The van der Waals surface area contributed by atoms with Crippen molar-refractivity contribution in [1.29, 1.82) is 0 Å². The summed E-state index contributed by atoms with van der Waals surface area (Å²) >= 11 is 3.28. The highest BCUT2D eigenvalue weighted by Gasteiger charge is 2.17. The maximum atomic E-state index is 9.22. The highest BCUT2D eigenvalue weighted by Crippen LogP contribution is 2.11. The van der Waals surface area contributed by atoms with Gasteiger partial charge in [0.2, 0.25) is 0 Å². The van der Waals surface area contributed by atoms with Crippen LogP contribution in [0.2, 0.25) is 0 Å². The number of aromatic nitrogens is 2. The molecule has 2 N–H and O–H groups in total. The molecule has 1 aromatic carbocycles. The van der Waals surface area contributed by atoms with E-state index in [0.29, 0.717) is 11.2 Å². The summed E-state index contributed by atoms with van der Waals surface area (Å²) in [5.74, 6) is 0. The molecule has 1 aromatic heterocycles. The predicted molar refractivity (Wildman–Crippen MR) is 61.1 cm³/mol. The van der Waals surface area contributed by atoms with Gasteiger partial charge < -0.3 is 10.0 Å². The van der Waals surface area contributed by atoms with Gasteiger partial charge in [-0.05, 0) is 24.3 Å². The van der Waals surface area contributed by atoms with E-state index >= 15 is 0 Å². The van der Waals surface area contributed by atoms with Gasteiger partial charge in [0.05, 0.1) is 5.69 Å². The van der Waals surface area contributed by atoms with Crippen molar-refractivity contribution in [3.8, 4) is 5.69 Å². The molecule has 2 aromatic rings. The van der Waals surface area contributed by atoms with Crippen LogP contribution in [0.4, 0.5) is 0 Å². The van der Waals surface area contributed by atoms with Crippen LogP contribution in [0.5, 0.6) is 0 Å². The summed E-state index contributed by atoms with van der Waals surface area (Å²) in [4.78, 5) is 0. The van der Waals surface area contributed by atoms with Crippen LogP contribution in [0.1, 0.15) is 0 Å². The largest absolute Gasteiger partial charge is 0.490 e. The van der Waals surface area contributed by atoms with Crippen molar-refractivity contribution in [3.63, 3.8) is 0 Å². The van der Waals surface area contributed by atoms with Gasteiger partial charge in [0.25, 0.3) is 0 Å². The van der Waals surface area contributed by atoms with E-state index in [4.69, 9.17) is 0 Å². The van der Waals surface area contributed by atoms with Crippen LogP contribution in [-0.2, 0) is 0 Å². The first-order valence-corrected chi connectivity index (χ1v) is 5.13. The first-order chi connectivity index (χ1) is 7.18. The minimum Gasteiger partial charge on any atom is -0.423 e. The molecule has 1 heterocycles. The summed E-state index contributed by atoms with van der Waals surface area (Å²) in [5, 5.41) is 22.5. The smallest absolute Gasteiger partial charge is 0.423 e. The first kappa shape index (κ1) is 10.4. The lowest BCUT2D eigenvalue weighted by atomic mass is 9.79. The maximum Gasteiger partial charge on any atom is 0.490 e. The zero-order valence-electron chi connectivity index (χ0n) is 7.71. The van der Waals surface area contributed by atoms with Crippen molar-refractivity contribution in [1.82, 2.24) is 9.78 Å². The topological polar surface area (TPSA) is 58.3 Å². The molecule has 76 valence electrons. The van der Waals surface area contributed by atoms with Gasteiger partial charge >= 0.3 is 7.12 Å². The van der Waals surface area contributed by atoms with Gasteiger partial charge in [-0.2, -0.15) is 5.10 Å². The van der Waals surface area contributed by atoms with E-state index in [2.05, 4.69) is 21.0 Å². The summed E-state index contributed by atoms with van der Waals surface area (Å²) < 4.78 is 2.38. The molecule has 15 heavy (non-hydrogen) atoms. The van der Waals surface area contributed by atoms with Gasteiger partial charge in [0, 0.05) is 22.3 Å². The Kier molecular flexibility index (Phi) is 2.90. The Morgan fingerprint density at radius 1 is 1.33 bits per heavy atom. The van der Waals surface area contributed by atoms with Crippen molar-refractivity contribution < 1.29 is 10.0 Å². The molecule has 0 fully saturated rings. The molecule has 0 aliphatic rings. The maximum absolute atomic E-state index is 9.22. The van der Waals surface area contributed by atoms with Crippen molar-refractivity contribution in [2.24, 2.45) is 0 Å². The third-order valence-corrected chi connectivity index (χ3v) is 2.51. The molecule has 0 radical (unpaired) electrons.